The number of nitrogens with zero attached hydrogens (tertiary/aromatic N) is 2. The van der Waals surface area contributed by atoms with E-state index in [0.717, 1.165) is 11.3 Å². The van der Waals surface area contributed by atoms with Gasteiger partial charge in [-0.15, -0.1) is 0 Å². The molecule has 0 radical (unpaired) electrons. The number of hydrogen-bond acceptors (Lipinski definition) is 5. The Morgan fingerprint density at radius 3 is 2.77 bits per heavy atom. The van der Waals surface area contributed by atoms with E-state index in [-0.39, 0.29) is 11.9 Å². The maximum atomic E-state index is 12.1. The van der Waals surface area contributed by atoms with Gasteiger partial charge in [-0.1, -0.05) is 17.3 Å². The third kappa shape index (κ3) is 3.85. The molecule has 1 atom stereocenters. The second kappa shape index (κ2) is 7.09. The normalized spacial score (nSPS) is 12.2. The van der Waals surface area contributed by atoms with E-state index in [2.05, 4.69) is 10.5 Å². The Kier molecular flexibility index (Phi) is 5.16. The molecule has 1 amide bonds. The SMILES string of the molecule is COc1cccc([C@H](CNC(=O)c2cc(C)on2)N(C)C)c1. The second-order valence-corrected chi connectivity index (χ2v) is 5.29. The van der Waals surface area contributed by atoms with Crippen LogP contribution in [0.15, 0.2) is 34.9 Å². The van der Waals surface area contributed by atoms with Gasteiger partial charge in [-0.25, -0.2) is 0 Å². The van der Waals surface area contributed by atoms with Crippen LogP contribution in [0.25, 0.3) is 0 Å². The number of carbonyl (C=O) groups excluding carboxylic acids is 1. The summed E-state index contributed by atoms with van der Waals surface area (Å²) in [5, 5.41) is 6.60. The lowest BCUT2D eigenvalue weighted by Gasteiger charge is -2.25. The number of benzene rings is 1. The van der Waals surface area contributed by atoms with Gasteiger partial charge in [-0.2, -0.15) is 0 Å². The molecule has 22 heavy (non-hydrogen) atoms. The van der Waals surface area contributed by atoms with Crippen molar-refractivity contribution in [3.63, 3.8) is 0 Å². The molecule has 0 bridgehead atoms. The summed E-state index contributed by atoms with van der Waals surface area (Å²) < 4.78 is 10.2. The lowest BCUT2D eigenvalue weighted by molar-refractivity contribution is 0.0933. The van der Waals surface area contributed by atoms with E-state index in [4.69, 9.17) is 9.26 Å². The van der Waals surface area contributed by atoms with Crippen LogP contribution in [0.5, 0.6) is 5.75 Å². The summed E-state index contributed by atoms with van der Waals surface area (Å²) in [6.45, 7) is 2.22. The van der Waals surface area contributed by atoms with Crippen molar-refractivity contribution in [1.29, 1.82) is 0 Å². The lowest BCUT2D eigenvalue weighted by atomic mass is 10.1. The quantitative estimate of drug-likeness (QED) is 0.884. The Balaban J connectivity index is 2.07. The molecule has 0 saturated heterocycles. The first-order valence-corrected chi connectivity index (χ1v) is 7.03. The number of aromatic nitrogens is 1. The molecule has 1 N–H and O–H groups in total. The molecule has 118 valence electrons. The van der Waals surface area contributed by atoms with Gasteiger partial charge >= 0.3 is 0 Å². The van der Waals surface area contributed by atoms with E-state index in [0.29, 0.717) is 18.0 Å². The molecular formula is C16H21N3O3. The van der Waals surface area contributed by atoms with Gasteiger partial charge in [0.15, 0.2) is 5.69 Å². The van der Waals surface area contributed by atoms with Crippen LogP contribution < -0.4 is 10.1 Å². The highest BCUT2D eigenvalue weighted by atomic mass is 16.5. The molecule has 2 rings (SSSR count). The highest BCUT2D eigenvalue weighted by molar-refractivity contribution is 5.92. The van der Waals surface area contributed by atoms with Crippen molar-refractivity contribution in [3.8, 4) is 5.75 Å². The molecule has 6 heteroatoms. The van der Waals surface area contributed by atoms with Crippen molar-refractivity contribution >= 4 is 5.91 Å². The summed E-state index contributed by atoms with van der Waals surface area (Å²) in [5.74, 6) is 1.16. The van der Waals surface area contributed by atoms with Crippen LogP contribution in [-0.2, 0) is 0 Å². The van der Waals surface area contributed by atoms with Gasteiger partial charge in [0.2, 0.25) is 0 Å². The second-order valence-electron chi connectivity index (χ2n) is 5.29. The molecule has 1 aromatic carbocycles. The molecule has 0 aliphatic rings. The Morgan fingerprint density at radius 1 is 1.41 bits per heavy atom. The van der Waals surface area contributed by atoms with Gasteiger partial charge < -0.3 is 19.5 Å². The molecule has 0 unspecified atom stereocenters. The van der Waals surface area contributed by atoms with Crippen LogP contribution in [0.4, 0.5) is 0 Å². The Labute approximate surface area is 130 Å². The lowest BCUT2D eigenvalue weighted by Crippen LogP contribution is -2.34. The molecule has 0 saturated carbocycles. The summed E-state index contributed by atoms with van der Waals surface area (Å²) in [7, 11) is 5.57. The Hall–Kier alpha value is -2.34. The number of ether oxygens (including phenoxy) is 1. The van der Waals surface area contributed by atoms with E-state index in [1.165, 1.54) is 0 Å². The number of rotatable bonds is 6. The molecule has 6 nitrogen and oxygen atoms in total. The van der Waals surface area contributed by atoms with Crippen LogP contribution in [0.1, 0.15) is 27.9 Å². The average Bonchev–Trinajstić information content (AvgIpc) is 2.94. The van der Waals surface area contributed by atoms with Crippen LogP contribution in [0.2, 0.25) is 0 Å². The number of hydrogen-bond donors (Lipinski definition) is 1. The van der Waals surface area contributed by atoms with Crippen LogP contribution in [-0.4, -0.2) is 43.7 Å². The summed E-state index contributed by atoms with van der Waals surface area (Å²) in [6.07, 6.45) is 0. The van der Waals surface area contributed by atoms with Crippen LogP contribution in [0.3, 0.4) is 0 Å². The fourth-order valence-corrected chi connectivity index (χ4v) is 2.20. The van der Waals surface area contributed by atoms with Gasteiger partial charge in [-0.3, -0.25) is 4.79 Å². The van der Waals surface area contributed by atoms with E-state index in [9.17, 15) is 4.79 Å². The summed E-state index contributed by atoms with van der Waals surface area (Å²) in [6, 6.07) is 9.47. The largest absolute Gasteiger partial charge is 0.497 e. The fourth-order valence-electron chi connectivity index (χ4n) is 2.20. The van der Waals surface area contributed by atoms with Gasteiger partial charge in [-0.05, 0) is 38.7 Å². The maximum absolute atomic E-state index is 12.1. The van der Waals surface area contributed by atoms with Crippen molar-refractivity contribution < 1.29 is 14.1 Å². The van der Waals surface area contributed by atoms with Crippen LogP contribution >= 0.6 is 0 Å². The molecule has 0 spiro atoms. The van der Waals surface area contributed by atoms with E-state index in [1.807, 2.05) is 43.3 Å². The van der Waals surface area contributed by atoms with Gasteiger partial charge in [0.05, 0.1) is 13.2 Å². The summed E-state index contributed by atoms with van der Waals surface area (Å²) in [5.41, 5.74) is 1.36. The minimum atomic E-state index is -0.244. The number of aryl methyl sites for hydroxylation is 1. The van der Waals surface area contributed by atoms with E-state index in [1.54, 1.807) is 20.1 Å². The monoisotopic (exact) mass is 303 g/mol. The van der Waals surface area contributed by atoms with Crippen molar-refractivity contribution in [3.05, 3.63) is 47.3 Å². The smallest absolute Gasteiger partial charge is 0.273 e. The molecule has 2 aromatic rings. The Morgan fingerprint density at radius 2 is 2.18 bits per heavy atom. The highest BCUT2D eigenvalue weighted by Crippen LogP contribution is 2.22. The number of likely N-dealkylation sites (N-methyl/N-ethyl adjacent to an activating group) is 1. The minimum absolute atomic E-state index is 0.0343. The molecule has 1 aromatic heterocycles. The van der Waals surface area contributed by atoms with Crippen molar-refractivity contribution in [2.45, 2.75) is 13.0 Å². The van der Waals surface area contributed by atoms with Gasteiger partial charge in [0.25, 0.3) is 5.91 Å². The van der Waals surface area contributed by atoms with E-state index < -0.39 is 0 Å². The fraction of sp³-hybridized carbons (Fsp3) is 0.375. The first-order chi connectivity index (χ1) is 10.5. The molecule has 1 heterocycles. The zero-order valence-electron chi connectivity index (χ0n) is 13.3. The van der Waals surface area contributed by atoms with Crippen molar-refractivity contribution in [1.82, 2.24) is 15.4 Å². The third-order valence-corrected chi connectivity index (χ3v) is 3.42. The maximum Gasteiger partial charge on any atom is 0.273 e. The highest BCUT2D eigenvalue weighted by Gasteiger charge is 2.18. The zero-order valence-corrected chi connectivity index (χ0v) is 13.3. The minimum Gasteiger partial charge on any atom is -0.497 e. The molecule has 0 aliphatic carbocycles. The predicted octanol–water partition coefficient (Wildman–Crippen LogP) is 2.02. The van der Waals surface area contributed by atoms with Crippen molar-refractivity contribution in [2.75, 3.05) is 27.7 Å². The average molecular weight is 303 g/mol. The predicted molar refractivity (Wildman–Crippen MR) is 83.0 cm³/mol. The number of nitrogens with one attached hydrogen (secondary N) is 1. The summed E-state index contributed by atoms with van der Waals surface area (Å²) in [4.78, 5) is 14.1. The topological polar surface area (TPSA) is 67.6 Å². The molecule has 0 fully saturated rings. The van der Waals surface area contributed by atoms with E-state index >= 15 is 0 Å². The summed E-state index contributed by atoms with van der Waals surface area (Å²) >= 11 is 0. The first kappa shape index (κ1) is 16.0. The molecule has 0 aliphatic heterocycles. The van der Waals surface area contributed by atoms with Gasteiger partial charge in [0, 0.05) is 12.6 Å². The number of methoxy groups -OCH3 is 1. The standard InChI is InChI=1S/C16H21N3O3/c1-11-8-14(18-22-11)16(20)17-10-15(19(2)3)12-6-5-7-13(9-12)21-4/h5-9,15H,10H2,1-4H3,(H,17,20)/t15-/m0/s1. The number of amides is 1. The van der Waals surface area contributed by atoms with Crippen molar-refractivity contribution in [2.24, 2.45) is 0 Å². The zero-order chi connectivity index (χ0) is 16.1. The first-order valence-electron chi connectivity index (χ1n) is 7.03. The van der Waals surface area contributed by atoms with Gasteiger partial charge in [0.1, 0.15) is 11.5 Å². The van der Waals surface area contributed by atoms with Crippen LogP contribution in [0, 0.1) is 6.92 Å². The molecular weight excluding hydrogens is 282 g/mol. The third-order valence-electron chi connectivity index (χ3n) is 3.42. The number of carbonyl (C=O) groups is 1. The Bertz CT molecular complexity index is 637.